The van der Waals surface area contributed by atoms with Crippen LogP contribution in [0.3, 0.4) is 0 Å². The Bertz CT molecular complexity index is 233. The van der Waals surface area contributed by atoms with Crippen molar-refractivity contribution in [2.45, 2.75) is 12.8 Å². The zero-order valence-corrected chi connectivity index (χ0v) is 6.91. The molecule has 0 saturated heterocycles. The average Bonchev–Trinajstić information content (AvgIpc) is 2.56. The van der Waals surface area contributed by atoms with Gasteiger partial charge in [0.1, 0.15) is 5.69 Å². The highest BCUT2D eigenvalue weighted by Gasteiger charge is 2.07. The molecule has 0 radical (unpaired) electrons. The molecule has 12 heavy (non-hydrogen) atoms. The zero-order chi connectivity index (χ0) is 8.81. The van der Waals surface area contributed by atoms with E-state index in [0.717, 1.165) is 6.42 Å². The Hall–Kier alpha value is -1.23. The molecule has 0 aliphatic rings. The van der Waals surface area contributed by atoms with E-state index in [9.17, 15) is 4.79 Å². The van der Waals surface area contributed by atoms with Crippen LogP contribution in [0.1, 0.15) is 23.3 Å². The van der Waals surface area contributed by atoms with E-state index >= 15 is 0 Å². The molecule has 0 saturated carbocycles. The molecule has 66 valence electrons. The molecule has 1 aromatic rings. The van der Waals surface area contributed by atoms with E-state index < -0.39 is 0 Å². The SMILES string of the molecule is COCCCC(=O)c1cn[nH]n1. The van der Waals surface area contributed by atoms with E-state index in [1.54, 1.807) is 7.11 Å². The lowest BCUT2D eigenvalue weighted by Gasteiger charge is -1.95. The van der Waals surface area contributed by atoms with Crippen LogP contribution in [-0.4, -0.2) is 34.9 Å². The number of hydrogen-bond acceptors (Lipinski definition) is 4. The fraction of sp³-hybridized carbons (Fsp3) is 0.571. The van der Waals surface area contributed by atoms with E-state index in [-0.39, 0.29) is 5.78 Å². The number of carbonyl (C=O) groups excluding carboxylic acids is 1. The largest absolute Gasteiger partial charge is 0.385 e. The van der Waals surface area contributed by atoms with E-state index in [2.05, 4.69) is 15.4 Å². The standard InChI is InChI=1S/C7H11N3O2/c1-12-4-2-3-7(11)6-5-8-10-9-6/h5H,2-4H2,1H3,(H,8,9,10). The Labute approximate surface area is 70.1 Å². The molecular formula is C7H11N3O2. The zero-order valence-electron chi connectivity index (χ0n) is 6.91. The summed E-state index contributed by atoms with van der Waals surface area (Å²) in [5, 5.41) is 9.60. The number of nitrogens with zero attached hydrogens (tertiary/aromatic N) is 2. The van der Waals surface area contributed by atoms with Gasteiger partial charge in [0.05, 0.1) is 6.20 Å². The monoisotopic (exact) mass is 169 g/mol. The first-order valence-corrected chi connectivity index (χ1v) is 3.72. The Balaban J connectivity index is 2.30. The van der Waals surface area contributed by atoms with Crippen molar-refractivity contribution in [1.82, 2.24) is 15.4 Å². The normalized spacial score (nSPS) is 10.1. The van der Waals surface area contributed by atoms with Crippen LogP contribution < -0.4 is 0 Å². The molecule has 1 heterocycles. The first kappa shape index (κ1) is 8.86. The molecule has 0 fully saturated rings. The summed E-state index contributed by atoms with van der Waals surface area (Å²) < 4.78 is 4.81. The van der Waals surface area contributed by atoms with Gasteiger partial charge in [0.15, 0.2) is 5.78 Å². The lowest BCUT2D eigenvalue weighted by molar-refractivity contribution is 0.0958. The molecule has 0 amide bonds. The minimum atomic E-state index is 0.000741. The number of hydrogen-bond donors (Lipinski definition) is 1. The van der Waals surface area contributed by atoms with Crippen LogP contribution in [0.2, 0.25) is 0 Å². The Kier molecular flexibility index (Phi) is 3.40. The van der Waals surface area contributed by atoms with Gasteiger partial charge >= 0.3 is 0 Å². The van der Waals surface area contributed by atoms with Gasteiger partial charge in [-0.2, -0.15) is 15.4 Å². The first-order valence-electron chi connectivity index (χ1n) is 3.72. The Morgan fingerprint density at radius 2 is 2.58 bits per heavy atom. The first-order chi connectivity index (χ1) is 5.84. The predicted molar refractivity (Wildman–Crippen MR) is 41.8 cm³/mol. The van der Waals surface area contributed by atoms with Gasteiger partial charge in [-0.1, -0.05) is 0 Å². The Morgan fingerprint density at radius 3 is 3.17 bits per heavy atom. The highest BCUT2D eigenvalue weighted by atomic mass is 16.5. The van der Waals surface area contributed by atoms with Gasteiger partial charge < -0.3 is 4.74 Å². The number of aromatic amines is 1. The maximum absolute atomic E-state index is 11.2. The van der Waals surface area contributed by atoms with Gasteiger partial charge in [0, 0.05) is 20.1 Å². The van der Waals surface area contributed by atoms with Gasteiger partial charge in [0.2, 0.25) is 0 Å². The number of rotatable bonds is 5. The van der Waals surface area contributed by atoms with Crippen LogP contribution in [0.5, 0.6) is 0 Å². The van der Waals surface area contributed by atoms with Gasteiger partial charge in [-0.25, -0.2) is 0 Å². The second-order valence-corrected chi connectivity index (χ2v) is 2.37. The number of aromatic nitrogens is 3. The topological polar surface area (TPSA) is 67.9 Å². The van der Waals surface area contributed by atoms with Crippen LogP contribution in [0.25, 0.3) is 0 Å². The second-order valence-electron chi connectivity index (χ2n) is 2.37. The number of Topliss-reactive ketones (excluding diaryl/α,β-unsaturated/α-hetero) is 1. The third kappa shape index (κ3) is 2.43. The number of nitrogens with one attached hydrogen (secondary N) is 1. The van der Waals surface area contributed by atoms with Crippen LogP contribution >= 0.6 is 0 Å². The van der Waals surface area contributed by atoms with Crippen molar-refractivity contribution in [2.75, 3.05) is 13.7 Å². The van der Waals surface area contributed by atoms with Gasteiger partial charge in [0.25, 0.3) is 0 Å². The molecule has 1 N–H and O–H groups in total. The lowest BCUT2D eigenvalue weighted by Crippen LogP contribution is -2.01. The predicted octanol–water partition coefficient (Wildman–Crippen LogP) is 0.414. The van der Waals surface area contributed by atoms with Crippen LogP contribution in [0.15, 0.2) is 6.20 Å². The molecular weight excluding hydrogens is 158 g/mol. The van der Waals surface area contributed by atoms with E-state index in [1.807, 2.05) is 0 Å². The summed E-state index contributed by atoms with van der Waals surface area (Å²) in [6.45, 7) is 0.601. The minimum Gasteiger partial charge on any atom is -0.385 e. The van der Waals surface area contributed by atoms with Crippen molar-refractivity contribution < 1.29 is 9.53 Å². The van der Waals surface area contributed by atoms with Crippen molar-refractivity contribution in [3.8, 4) is 0 Å². The van der Waals surface area contributed by atoms with Crippen molar-refractivity contribution in [3.63, 3.8) is 0 Å². The number of methoxy groups -OCH3 is 1. The van der Waals surface area contributed by atoms with Crippen molar-refractivity contribution in [3.05, 3.63) is 11.9 Å². The molecule has 0 aromatic carbocycles. The highest BCUT2D eigenvalue weighted by Crippen LogP contribution is 1.99. The fourth-order valence-electron chi connectivity index (χ4n) is 0.841. The van der Waals surface area contributed by atoms with E-state index in [4.69, 9.17) is 4.74 Å². The number of ketones is 1. The summed E-state index contributed by atoms with van der Waals surface area (Å²) in [5.74, 6) is 0.000741. The number of ether oxygens (including phenoxy) is 1. The molecule has 0 spiro atoms. The molecule has 0 aliphatic carbocycles. The molecule has 1 aromatic heterocycles. The summed E-state index contributed by atoms with van der Waals surface area (Å²) in [5.41, 5.74) is 0.395. The lowest BCUT2D eigenvalue weighted by atomic mass is 10.2. The van der Waals surface area contributed by atoms with E-state index in [1.165, 1.54) is 6.20 Å². The highest BCUT2D eigenvalue weighted by molar-refractivity contribution is 5.93. The quantitative estimate of drug-likeness (QED) is 0.512. The summed E-state index contributed by atoms with van der Waals surface area (Å²) in [4.78, 5) is 11.2. The molecule has 1 rings (SSSR count). The van der Waals surface area contributed by atoms with Crippen molar-refractivity contribution >= 4 is 5.78 Å². The molecule has 0 unspecified atom stereocenters. The minimum absolute atomic E-state index is 0.000741. The summed E-state index contributed by atoms with van der Waals surface area (Å²) >= 11 is 0. The smallest absolute Gasteiger partial charge is 0.184 e. The van der Waals surface area contributed by atoms with Crippen molar-refractivity contribution in [1.29, 1.82) is 0 Å². The summed E-state index contributed by atoms with van der Waals surface area (Å²) in [6, 6.07) is 0. The third-order valence-electron chi connectivity index (χ3n) is 1.45. The van der Waals surface area contributed by atoms with Gasteiger partial charge in [-0.15, -0.1) is 0 Å². The van der Waals surface area contributed by atoms with Gasteiger partial charge in [-0.3, -0.25) is 4.79 Å². The van der Waals surface area contributed by atoms with E-state index in [0.29, 0.717) is 18.7 Å². The maximum atomic E-state index is 11.2. The third-order valence-corrected chi connectivity index (χ3v) is 1.45. The van der Waals surface area contributed by atoms with Crippen LogP contribution in [0.4, 0.5) is 0 Å². The maximum Gasteiger partial charge on any atom is 0.184 e. The van der Waals surface area contributed by atoms with Crippen molar-refractivity contribution in [2.24, 2.45) is 0 Å². The fourth-order valence-corrected chi connectivity index (χ4v) is 0.841. The number of carbonyl (C=O) groups is 1. The summed E-state index contributed by atoms with van der Waals surface area (Å²) in [6.07, 6.45) is 2.61. The van der Waals surface area contributed by atoms with Crippen LogP contribution in [0, 0.1) is 0 Å². The summed E-state index contributed by atoms with van der Waals surface area (Å²) in [7, 11) is 1.61. The second kappa shape index (κ2) is 4.61. The Morgan fingerprint density at radius 1 is 1.75 bits per heavy atom. The molecule has 0 atom stereocenters. The molecule has 0 bridgehead atoms. The molecule has 0 aliphatic heterocycles. The van der Waals surface area contributed by atoms with Gasteiger partial charge in [-0.05, 0) is 6.42 Å². The number of H-pyrrole nitrogens is 1. The van der Waals surface area contributed by atoms with Crippen LogP contribution in [-0.2, 0) is 4.74 Å². The molecule has 5 heteroatoms. The average molecular weight is 169 g/mol. The molecule has 5 nitrogen and oxygen atoms in total.